The maximum absolute atomic E-state index is 14.1. The third-order valence-corrected chi connectivity index (χ3v) is 8.50. The Hall–Kier alpha value is -4.70. The number of nitrogens with zero attached hydrogens (tertiary/aromatic N) is 1. The van der Waals surface area contributed by atoms with Gasteiger partial charge in [-0.15, -0.1) is 0 Å². The van der Waals surface area contributed by atoms with Gasteiger partial charge < -0.3 is 26.6 Å². The van der Waals surface area contributed by atoms with Crippen molar-refractivity contribution in [3.8, 4) is 0 Å². The summed E-state index contributed by atoms with van der Waals surface area (Å²) in [5.41, 5.74) is 7.34. The zero-order valence-electron chi connectivity index (χ0n) is 29.2. The lowest BCUT2D eigenvalue weighted by Gasteiger charge is -2.42. The lowest BCUT2D eigenvalue weighted by molar-refractivity contribution is -0.133. The maximum atomic E-state index is 14.1. The number of carbonyl (C=O) groups excluding carboxylic acids is 3. The molecule has 0 aliphatic heterocycles. The van der Waals surface area contributed by atoms with Crippen molar-refractivity contribution in [2.45, 2.75) is 96.5 Å². The minimum Gasteiger partial charge on any atom is -0.465 e. The fourth-order valence-corrected chi connectivity index (χ4v) is 6.15. The van der Waals surface area contributed by atoms with Crippen LogP contribution < -0.4 is 16.4 Å². The average molecular weight is 673 g/mol. The number of hydrogen-bond acceptors (Lipinski definition) is 5. The van der Waals surface area contributed by atoms with Gasteiger partial charge in [0.15, 0.2) is 0 Å². The van der Waals surface area contributed by atoms with Crippen LogP contribution in [-0.2, 0) is 33.6 Å². The molecular weight excluding hydrogens is 620 g/mol. The second-order valence-corrected chi connectivity index (χ2v) is 14.1. The average Bonchev–Trinajstić information content (AvgIpc) is 3.03. The zero-order chi connectivity index (χ0) is 36.1. The number of hydrogen-bond donors (Lipinski definition) is 5. The minimum atomic E-state index is -1.22. The SMILES string of the molecule is CC(C)C[C@H](NC(=O)[C@H](Cc1ccccc1)C[C@@H](O)[C@H](Cc1ccccc1)N(C(=O)O)C(C)(C)C)C(=O)N[C@@H](Cc1ccccc1)C(N)=O. The smallest absolute Gasteiger partial charge is 0.408 e. The van der Waals surface area contributed by atoms with E-state index in [0.29, 0.717) is 6.42 Å². The van der Waals surface area contributed by atoms with Gasteiger partial charge in [0.05, 0.1) is 12.1 Å². The third-order valence-electron chi connectivity index (χ3n) is 8.50. The molecule has 5 atom stereocenters. The van der Waals surface area contributed by atoms with Gasteiger partial charge >= 0.3 is 6.09 Å². The van der Waals surface area contributed by atoms with E-state index in [1.165, 1.54) is 4.90 Å². The van der Waals surface area contributed by atoms with Crippen LogP contribution in [0, 0.1) is 11.8 Å². The Morgan fingerprint density at radius 3 is 1.57 bits per heavy atom. The Kier molecular flexibility index (Phi) is 14.4. The number of nitrogens with two attached hydrogens (primary N) is 1. The standard InChI is InChI=1S/C39H52N4O6/c1-26(2)21-32(37(47)41-31(35(40)45)23-28-17-11-7-12-18-28)42-36(46)30(22-27-15-9-6-10-16-27)25-34(44)33(24-29-19-13-8-14-20-29)43(38(48)49)39(3,4)5/h6-20,26,30-34,44H,21-25H2,1-5H3,(H2,40,45)(H,41,47)(H,42,46)(H,48,49)/t30-,31+,32+,33+,34-/m1/s1. The van der Waals surface area contributed by atoms with Crippen molar-refractivity contribution in [1.82, 2.24) is 15.5 Å². The predicted octanol–water partition coefficient (Wildman–Crippen LogP) is 4.73. The van der Waals surface area contributed by atoms with Crippen LogP contribution in [0.25, 0.3) is 0 Å². The van der Waals surface area contributed by atoms with Gasteiger partial charge in [-0.25, -0.2) is 4.79 Å². The summed E-state index contributed by atoms with van der Waals surface area (Å²) in [6.45, 7) is 9.16. The van der Waals surface area contributed by atoms with E-state index in [1.807, 2.05) is 105 Å². The minimum absolute atomic E-state index is 0.0153. The Morgan fingerprint density at radius 1 is 0.694 bits per heavy atom. The molecule has 3 aromatic rings. The van der Waals surface area contributed by atoms with Gasteiger partial charge in [-0.05, 0) is 69.1 Å². The molecule has 49 heavy (non-hydrogen) atoms. The first-order valence-corrected chi connectivity index (χ1v) is 16.9. The van der Waals surface area contributed by atoms with Crippen molar-refractivity contribution in [3.63, 3.8) is 0 Å². The Labute approximate surface area is 290 Å². The number of amides is 4. The molecule has 0 saturated carbocycles. The van der Waals surface area contributed by atoms with Crippen LogP contribution in [0.4, 0.5) is 4.79 Å². The van der Waals surface area contributed by atoms with Gasteiger partial charge in [0.25, 0.3) is 0 Å². The summed E-state index contributed by atoms with van der Waals surface area (Å²) in [7, 11) is 0. The maximum Gasteiger partial charge on any atom is 0.408 e. The van der Waals surface area contributed by atoms with E-state index < -0.39 is 59.5 Å². The highest BCUT2D eigenvalue weighted by molar-refractivity contribution is 5.92. The van der Waals surface area contributed by atoms with Gasteiger partial charge in [-0.2, -0.15) is 0 Å². The monoisotopic (exact) mass is 672 g/mol. The van der Waals surface area contributed by atoms with Crippen LogP contribution in [0.15, 0.2) is 91.0 Å². The van der Waals surface area contributed by atoms with Crippen molar-refractivity contribution in [1.29, 1.82) is 0 Å². The quantitative estimate of drug-likeness (QED) is 0.139. The topological polar surface area (TPSA) is 162 Å². The molecule has 6 N–H and O–H groups in total. The Balaban J connectivity index is 1.91. The number of nitrogens with one attached hydrogen (secondary N) is 2. The summed E-state index contributed by atoms with van der Waals surface area (Å²) in [6.07, 6.45) is -1.49. The second kappa shape index (κ2) is 18.2. The van der Waals surface area contributed by atoms with Gasteiger partial charge in [-0.3, -0.25) is 19.3 Å². The van der Waals surface area contributed by atoms with Gasteiger partial charge in [0.2, 0.25) is 17.7 Å². The normalized spacial score (nSPS) is 14.6. The molecule has 3 rings (SSSR count). The molecule has 0 heterocycles. The summed E-state index contributed by atoms with van der Waals surface area (Å²) in [6, 6.07) is 25.0. The molecule has 0 aromatic heterocycles. The first kappa shape index (κ1) is 38.7. The van der Waals surface area contributed by atoms with E-state index >= 15 is 0 Å². The van der Waals surface area contributed by atoms with E-state index in [-0.39, 0.29) is 31.6 Å². The third kappa shape index (κ3) is 12.4. The molecule has 0 aliphatic rings. The number of carbonyl (C=O) groups is 4. The van der Waals surface area contributed by atoms with Crippen molar-refractivity contribution >= 4 is 23.8 Å². The highest BCUT2D eigenvalue weighted by Gasteiger charge is 2.39. The molecule has 0 unspecified atom stereocenters. The second-order valence-electron chi connectivity index (χ2n) is 14.1. The first-order chi connectivity index (χ1) is 23.1. The number of rotatable bonds is 17. The molecule has 0 radical (unpaired) electrons. The number of aliphatic hydroxyl groups excluding tert-OH is 1. The van der Waals surface area contributed by atoms with Crippen LogP contribution in [-0.4, -0.2) is 68.7 Å². The Bertz CT molecular complexity index is 1490. The van der Waals surface area contributed by atoms with Gasteiger partial charge in [0, 0.05) is 17.9 Å². The van der Waals surface area contributed by atoms with Crippen LogP contribution in [0.2, 0.25) is 0 Å². The molecule has 0 spiro atoms. The van der Waals surface area contributed by atoms with Crippen molar-refractivity contribution < 1.29 is 29.4 Å². The molecule has 10 heteroatoms. The molecule has 0 saturated heterocycles. The molecule has 10 nitrogen and oxygen atoms in total. The molecule has 0 fully saturated rings. The van der Waals surface area contributed by atoms with Crippen molar-refractivity contribution in [2.24, 2.45) is 17.6 Å². The van der Waals surface area contributed by atoms with Crippen LogP contribution in [0.1, 0.15) is 64.2 Å². The predicted molar refractivity (Wildman–Crippen MR) is 190 cm³/mol. The molecule has 3 aromatic carbocycles. The number of benzene rings is 3. The molecule has 0 aliphatic carbocycles. The number of aliphatic hydroxyl groups is 1. The highest BCUT2D eigenvalue weighted by Crippen LogP contribution is 2.27. The van der Waals surface area contributed by atoms with Gasteiger partial charge in [-0.1, -0.05) is 105 Å². The summed E-state index contributed by atoms with van der Waals surface area (Å²) >= 11 is 0. The van der Waals surface area contributed by atoms with E-state index in [2.05, 4.69) is 10.6 Å². The highest BCUT2D eigenvalue weighted by atomic mass is 16.4. The summed E-state index contributed by atoms with van der Waals surface area (Å²) in [4.78, 5) is 54.0. The molecule has 4 amide bonds. The largest absolute Gasteiger partial charge is 0.465 e. The fourth-order valence-electron chi connectivity index (χ4n) is 6.15. The zero-order valence-corrected chi connectivity index (χ0v) is 29.2. The summed E-state index contributed by atoms with van der Waals surface area (Å²) in [5, 5.41) is 27.8. The number of primary amides is 1. The molecule has 264 valence electrons. The van der Waals surface area contributed by atoms with Crippen molar-refractivity contribution in [2.75, 3.05) is 0 Å². The fraction of sp³-hybridized carbons (Fsp3) is 0.436. The summed E-state index contributed by atoms with van der Waals surface area (Å²) in [5.74, 6) is -2.49. The molecular formula is C39H52N4O6. The van der Waals surface area contributed by atoms with Gasteiger partial charge in [0.1, 0.15) is 12.1 Å². The first-order valence-electron chi connectivity index (χ1n) is 16.9. The van der Waals surface area contributed by atoms with E-state index in [0.717, 1.165) is 16.7 Å². The van der Waals surface area contributed by atoms with Crippen LogP contribution in [0.3, 0.4) is 0 Å². The number of carboxylic acid groups (broad SMARTS) is 1. The van der Waals surface area contributed by atoms with Crippen molar-refractivity contribution in [3.05, 3.63) is 108 Å². The van der Waals surface area contributed by atoms with Crippen LogP contribution >= 0.6 is 0 Å². The van der Waals surface area contributed by atoms with E-state index in [4.69, 9.17) is 5.73 Å². The summed E-state index contributed by atoms with van der Waals surface area (Å²) < 4.78 is 0. The van der Waals surface area contributed by atoms with Crippen LogP contribution in [0.5, 0.6) is 0 Å². The lowest BCUT2D eigenvalue weighted by atomic mass is 9.86. The molecule has 0 bridgehead atoms. The lowest BCUT2D eigenvalue weighted by Crippen LogP contribution is -2.57. The van der Waals surface area contributed by atoms with E-state index in [9.17, 15) is 29.4 Å². The Morgan fingerprint density at radius 2 is 1.14 bits per heavy atom. The van der Waals surface area contributed by atoms with E-state index in [1.54, 1.807) is 20.8 Å².